The van der Waals surface area contributed by atoms with Crippen LogP contribution in [0.2, 0.25) is 5.02 Å². The smallest absolute Gasteiger partial charge is 0.131 e. The van der Waals surface area contributed by atoms with Gasteiger partial charge in [0.2, 0.25) is 0 Å². The predicted octanol–water partition coefficient (Wildman–Crippen LogP) is 5.23. The highest BCUT2D eigenvalue weighted by Gasteiger charge is 2.19. The minimum absolute atomic E-state index is 0.00212. The zero-order valence-corrected chi connectivity index (χ0v) is 13.7. The second kappa shape index (κ2) is 6.08. The number of aliphatic hydroxyl groups is 1. The SMILES string of the molecule is Cc1ccc(C(C)(C)C)c(Oc2ccc(CO)c(Cl)c2)c1. The van der Waals surface area contributed by atoms with Gasteiger partial charge >= 0.3 is 0 Å². The van der Waals surface area contributed by atoms with E-state index in [1.165, 1.54) is 0 Å². The summed E-state index contributed by atoms with van der Waals surface area (Å²) in [6, 6.07) is 11.6. The molecule has 0 spiro atoms. The summed E-state index contributed by atoms with van der Waals surface area (Å²) in [5.41, 5.74) is 2.99. The Bertz CT molecular complexity index is 642. The minimum atomic E-state index is -0.0726. The van der Waals surface area contributed by atoms with Crippen molar-refractivity contribution in [3.63, 3.8) is 0 Å². The number of aryl methyl sites for hydroxylation is 1. The third-order valence-corrected chi connectivity index (χ3v) is 3.72. The van der Waals surface area contributed by atoms with Crippen molar-refractivity contribution in [3.8, 4) is 11.5 Å². The topological polar surface area (TPSA) is 29.5 Å². The molecule has 0 saturated heterocycles. The molecule has 0 bridgehead atoms. The Morgan fingerprint density at radius 1 is 1.10 bits per heavy atom. The Balaban J connectivity index is 2.39. The molecule has 0 aliphatic carbocycles. The maximum atomic E-state index is 9.16. The Kier molecular flexibility index (Phi) is 4.60. The first-order valence-corrected chi connectivity index (χ1v) is 7.37. The van der Waals surface area contributed by atoms with Crippen LogP contribution in [0.1, 0.15) is 37.5 Å². The van der Waals surface area contributed by atoms with Gasteiger partial charge in [0.1, 0.15) is 11.5 Å². The van der Waals surface area contributed by atoms with Gasteiger partial charge in [0, 0.05) is 10.6 Å². The predicted molar refractivity (Wildman–Crippen MR) is 87.3 cm³/mol. The Hall–Kier alpha value is -1.51. The van der Waals surface area contributed by atoms with Crippen molar-refractivity contribution in [2.75, 3.05) is 0 Å². The number of halogens is 1. The molecule has 0 aliphatic heterocycles. The lowest BCUT2D eigenvalue weighted by molar-refractivity contribution is 0.282. The molecular weight excluding hydrogens is 284 g/mol. The molecule has 2 nitrogen and oxygen atoms in total. The van der Waals surface area contributed by atoms with Gasteiger partial charge in [-0.05, 0) is 41.7 Å². The maximum Gasteiger partial charge on any atom is 0.131 e. The molecule has 0 saturated carbocycles. The lowest BCUT2D eigenvalue weighted by Crippen LogP contribution is -2.12. The molecule has 0 radical (unpaired) electrons. The Morgan fingerprint density at radius 2 is 1.81 bits per heavy atom. The van der Waals surface area contributed by atoms with Crippen LogP contribution in [-0.2, 0) is 12.0 Å². The molecule has 2 rings (SSSR count). The van der Waals surface area contributed by atoms with Crippen molar-refractivity contribution in [1.29, 1.82) is 0 Å². The summed E-state index contributed by atoms with van der Waals surface area (Å²) in [7, 11) is 0. The van der Waals surface area contributed by atoms with Crippen molar-refractivity contribution in [1.82, 2.24) is 0 Å². The van der Waals surface area contributed by atoms with E-state index in [0.717, 1.165) is 16.9 Å². The fraction of sp³-hybridized carbons (Fsp3) is 0.333. The van der Waals surface area contributed by atoms with Crippen LogP contribution < -0.4 is 4.74 Å². The van der Waals surface area contributed by atoms with Crippen molar-refractivity contribution >= 4 is 11.6 Å². The van der Waals surface area contributed by atoms with Crippen molar-refractivity contribution in [3.05, 3.63) is 58.1 Å². The molecule has 0 unspecified atom stereocenters. The molecule has 0 atom stereocenters. The van der Waals surface area contributed by atoms with E-state index in [0.29, 0.717) is 16.3 Å². The van der Waals surface area contributed by atoms with Gasteiger partial charge in [0.15, 0.2) is 0 Å². The number of aliphatic hydroxyl groups excluding tert-OH is 1. The number of rotatable bonds is 3. The van der Waals surface area contributed by atoms with E-state index in [4.69, 9.17) is 21.4 Å². The molecule has 0 aliphatic rings. The first kappa shape index (κ1) is 15.9. The number of hydrogen-bond acceptors (Lipinski definition) is 2. The van der Waals surface area contributed by atoms with Gasteiger partial charge in [0.25, 0.3) is 0 Å². The zero-order chi connectivity index (χ0) is 15.6. The van der Waals surface area contributed by atoms with Crippen LogP contribution in [0.5, 0.6) is 11.5 Å². The van der Waals surface area contributed by atoms with Crippen LogP contribution in [-0.4, -0.2) is 5.11 Å². The van der Waals surface area contributed by atoms with Crippen molar-refractivity contribution in [2.45, 2.75) is 39.7 Å². The fourth-order valence-electron chi connectivity index (χ4n) is 2.18. The van der Waals surface area contributed by atoms with Crippen molar-refractivity contribution in [2.24, 2.45) is 0 Å². The van der Waals surface area contributed by atoms with E-state index in [9.17, 15) is 0 Å². The number of benzene rings is 2. The first-order valence-electron chi connectivity index (χ1n) is 6.99. The van der Waals surface area contributed by atoms with Crippen LogP contribution in [0.4, 0.5) is 0 Å². The van der Waals surface area contributed by atoms with E-state index in [-0.39, 0.29) is 12.0 Å². The third-order valence-electron chi connectivity index (χ3n) is 3.37. The molecule has 1 N–H and O–H groups in total. The molecule has 2 aromatic rings. The summed E-state index contributed by atoms with van der Waals surface area (Å²) in [6.07, 6.45) is 0. The second-order valence-electron chi connectivity index (χ2n) is 6.26. The maximum absolute atomic E-state index is 9.16. The summed E-state index contributed by atoms with van der Waals surface area (Å²) in [6.45, 7) is 8.45. The van der Waals surface area contributed by atoms with E-state index >= 15 is 0 Å². The summed E-state index contributed by atoms with van der Waals surface area (Å²) >= 11 is 6.12. The second-order valence-corrected chi connectivity index (χ2v) is 6.67. The Morgan fingerprint density at radius 3 is 2.38 bits per heavy atom. The van der Waals surface area contributed by atoms with Gasteiger partial charge in [-0.25, -0.2) is 0 Å². The van der Waals surface area contributed by atoms with Gasteiger partial charge in [-0.15, -0.1) is 0 Å². The molecular formula is C18H21ClO2. The monoisotopic (exact) mass is 304 g/mol. The fourth-order valence-corrected chi connectivity index (χ4v) is 2.41. The summed E-state index contributed by atoms with van der Waals surface area (Å²) < 4.78 is 6.03. The van der Waals surface area contributed by atoms with E-state index < -0.39 is 0 Å². The molecule has 3 heteroatoms. The molecule has 112 valence electrons. The summed E-state index contributed by atoms with van der Waals surface area (Å²) in [4.78, 5) is 0. The molecule has 0 amide bonds. The van der Waals surface area contributed by atoms with Gasteiger partial charge in [-0.3, -0.25) is 0 Å². The van der Waals surface area contributed by atoms with Gasteiger partial charge < -0.3 is 9.84 Å². The van der Waals surface area contributed by atoms with Crippen LogP contribution in [0, 0.1) is 6.92 Å². The normalized spacial score (nSPS) is 11.5. The quantitative estimate of drug-likeness (QED) is 0.841. The number of hydrogen-bond donors (Lipinski definition) is 1. The molecule has 0 heterocycles. The highest BCUT2D eigenvalue weighted by atomic mass is 35.5. The summed E-state index contributed by atoms with van der Waals surface area (Å²) in [5, 5.41) is 9.67. The number of ether oxygens (including phenoxy) is 1. The molecule has 0 aromatic heterocycles. The van der Waals surface area contributed by atoms with Crippen molar-refractivity contribution < 1.29 is 9.84 Å². The van der Waals surface area contributed by atoms with Gasteiger partial charge in [-0.2, -0.15) is 0 Å². The first-order chi connectivity index (χ1) is 9.81. The van der Waals surface area contributed by atoms with Crippen LogP contribution in [0.15, 0.2) is 36.4 Å². The molecule has 2 aromatic carbocycles. The third kappa shape index (κ3) is 3.78. The molecule has 0 fully saturated rings. The van der Waals surface area contributed by atoms with E-state index in [1.807, 2.05) is 19.1 Å². The Labute approximate surface area is 131 Å². The van der Waals surface area contributed by atoms with Gasteiger partial charge in [0.05, 0.1) is 6.61 Å². The summed E-state index contributed by atoms with van der Waals surface area (Å²) in [5.74, 6) is 1.52. The lowest BCUT2D eigenvalue weighted by atomic mass is 9.86. The lowest BCUT2D eigenvalue weighted by Gasteiger charge is -2.23. The standard InChI is InChI=1S/C18H21ClO2/c1-12-5-8-15(18(2,3)4)17(9-12)21-14-7-6-13(11-20)16(19)10-14/h5-10,20H,11H2,1-4H3. The van der Waals surface area contributed by atoms with E-state index in [1.54, 1.807) is 12.1 Å². The molecule has 21 heavy (non-hydrogen) atoms. The minimum Gasteiger partial charge on any atom is -0.457 e. The van der Waals surface area contributed by atoms with Crippen LogP contribution in [0.25, 0.3) is 0 Å². The average Bonchev–Trinajstić information content (AvgIpc) is 2.37. The average molecular weight is 305 g/mol. The highest BCUT2D eigenvalue weighted by Crippen LogP contribution is 2.35. The van der Waals surface area contributed by atoms with Crippen LogP contribution in [0.3, 0.4) is 0 Å². The zero-order valence-electron chi connectivity index (χ0n) is 12.9. The van der Waals surface area contributed by atoms with Crippen LogP contribution >= 0.6 is 11.6 Å². The largest absolute Gasteiger partial charge is 0.457 e. The highest BCUT2D eigenvalue weighted by molar-refractivity contribution is 6.31. The van der Waals surface area contributed by atoms with Gasteiger partial charge in [-0.1, -0.05) is 50.6 Å². The van der Waals surface area contributed by atoms with E-state index in [2.05, 4.69) is 32.9 Å².